The van der Waals surface area contributed by atoms with Crippen LogP contribution in [0.5, 0.6) is 5.75 Å². The minimum absolute atomic E-state index is 0.272. The van der Waals surface area contributed by atoms with Gasteiger partial charge in [-0.05, 0) is 48.3 Å². The van der Waals surface area contributed by atoms with Gasteiger partial charge in [-0.15, -0.1) is 0 Å². The van der Waals surface area contributed by atoms with Crippen molar-refractivity contribution in [3.8, 4) is 5.75 Å². The molecule has 0 saturated carbocycles. The SMILES string of the molecule is CCn1nc(C)c(Br)c1COc1cccc(C)c1F. The van der Waals surface area contributed by atoms with Crippen LogP contribution in [0.4, 0.5) is 4.39 Å². The van der Waals surface area contributed by atoms with Crippen LogP contribution in [0, 0.1) is 19.7 Å². The molecule has 102 valence electrons. The van der Waals surface area contributed by atoms with Gasteiger partial charge in [0.1, 0.15) is 6.61 Å². The highest BCUT2D eigenvalue weighted by Gasteiger charge is 2.14. The van der Waals surface area contributed by atoms with Gasteiger partial charge in [0.2, 0.25) is 0 Å². The minimum atomic E-state index is -0.307. The molecule has 3 nitrogen and oxygen atoms in total. The fourth-order valence-electron chi connectivity index (χ4n) is 1.88. The van der Waals surface area contributed by atoms with Gasteiger partial charge in [0, 0.05) is 6.54 Å². The second-order valence-corrected chi connectivity index (χ2v) is 5.13. The summed E-state index contributed by atoms with van der Waals surface area (Å²) < 4.78 is 22.2. The molecule has 0 atom stereocenters. The number of ether oxygens (including phenoxy) is 1. The highest BCUT2D eigenvalue weighted by molar-refractivity contribution is 9.10. The first-order valence-electron chi connectivity index (χ1n) is 6.14. The zero-order valence-electron chi connectivity index (χ0n) is 11.2. The largest absolute Gasteiger partial charge is 0.484 e. The maximum absolute atomic E-state index is 13.8. The van der Waals surface area contributed by atoms with Crippen molar-refractivity contribution in [2.24, 2.45) is 0 Å². The molecule has 2 rings (SSSR count). The topological polar surface area (TPSA) is 27.1 Å². The minimum Gasteiger partial charge on any atom is -0.484 e. The first kappa shape index (κ1) is 14.1. The monoisotopic (exact) mass is 326 g/mol. The molecule has 0 aliphatic heterocycles. The number of hydrogen-bond acceptors (Lipinski definition) is 2. The summed E-state index contributed by atoms with van der Waals surface area (Å²) in [5.74, 6) is -0.0358. The summed E-state index contributed by atoms with van der Waals surface area (Å²) in [4.78, 5) is 0. The van der Waals surface area contributed by atoms with Gasteiger partial charge in [-0.25, -0.2) is 4.39 Å². The lowest BCUT2D eigenvalue weighted by atomic mass is 10.2. The van der Waals surface area contributed by atoms with Crippen LogP contribution in [0.3, 0.4) is 0 Å². The molecule has 1 heterocycles. The number of hydrogen-bond donors (Lipinski definition) is 0. The van der Waals surface area contributed by atoms with E-state index in [-0.39, 0.29) is 18.2 Å². The lowest BCUT2D eigenvalue weighted by molar-refractivity contribution is 0.277. The van der Waals surface area contributed by atoms with Crippen LogP contribution in [0.15, 0.2) is 22.7 Å². The van der Waals surface area contributed by atoms with Crippen molar-refractivity contribution >= 4 is 15.9 Å². The van der Waals surface area contributed by atoms with Crippen LogP contribution in [0.2, 0.25) is 0 Å². The molecule has 1 aromatic carbocycles. The normalized spacial score (nSPS) is 10.8. The maximum Gasteiger partial charge on any atom is 0.167 e. The van der Waals surface area contributed by atoms with Crippen molar-refractivity contribution < 1.29 is 9.13 Å². The molecular weight excluding hydrogens is 311 g/mol. The third-order valence-corrected chi connectivity index (χ3v) is 4.01. The molecule has 2 aromatic rings. The van der Waals surface area contributed by atoms with Crippen molar-refractivity contribution in [1.82, 2.24) is 9.78 Å². The van der Waals surface area contributed by atoms with E-state index in [1.54, 1.807) is 25.1 Å². The summed E-state index contributed by atoms with van der Waals surface area (Å²) >= 11 is 3.49. The fourth-order valence-corrected chi connectivity index (χ4v) is 2.28. The number of nitrogens with zero attached hydrogens (tertiary/aromatic N) is 2. The molecule has 0 radical (unpaired) electrons. The maximum atomic E-state index is 13.8. The fraction of sp³-hybridized carbons (Fsp3) is 0.357. The van der Waals surface area contributed by atoms with Crippen LogP contribution in [0.25, 0.3) is 0 Å². The van der Waals surface area contributed by atoms with E-state index in [4.69, 9.17) is 4.74 Å². The molecule has 19 heavy (non-hydrogen) atoms. The molecular formula is C14H16BrFN2O. The summed E-state index contributed by atoms with van der Waals surface area (Å²) in [5.41, 5.74) is 2.41. The number of halogens is 2. The lowest BCUT2D eigenvalue weighted by Crippen LogP contribution is -2.07. The van der Waals surface area contributed by atoms with E-state index < -0.39 is 0 Å². The third-order valence-electron chi connectivity index (χ3n) is 2.97. The Balaban J connectivity index is 2.21. The molecule has 0 fully saturated rings. The summed E-state index contributed by atoms with van der Waals surface area (Å²) in [7, 11) is 0. The van der Waals surface area contributed by atoms with Gasteiger partial charge in [0.25, 0.3) is 0 Å². The Morgan fingerprint density at radius 3 is 2.79 bits per heavy atom. The van der Waals surface area contributed by atoms with Crippen LogP contribution in [0.1, 0.15) is 23.9 Å². The van der Waals surface area contributed by atoms with Gasteiger partial charge < -0.3 is 4.74 Å². The predicted molar refractivity (Wildman–Crippen MR) is 75.8 cm³/mol. The quantitative estimate of drug-likeness (QED) is 0.849. The first-order chi connectivity index (χ1) is 9.04. The molecule has 0 unspecified atom stereocenters. The summed E-state index contributed by atoms with van der Waals surface area (Å²) in [6.07, 6.45) is 0. The number of aromatic nitrogens is 2. The van der Waals surface area contributed by atoms with Gasteiger partial charge in [-0.3, -0.25) is 4.68 Å². The van der Waals surface area contributed by atoms with Crippen molar-refractivity contribution in [2.45, 2.75) is 33.9 Å². The Labute approximate surface area is 120 Å². The molecule has 5 heteroatoms. The van der Waals surface area contributed by atoms with E-state index in [1.807, 2.05) is 18.5 Å². The smallest absolute Gasteiger partial charge is 0.167 e. The second-order valence-electron chi connectivity index (χ2n) is 4.34. The van der Waals surface area contributed by atoms with Gasteiger partial charge in [-0.1, -0.05) is 12.1 Å². The average Bonchev–Trinajstić information content (AvgIpc) is 2.67. The molecule has 0 amide bonds. The van der Waals surface area contributed by atoms with E-state index in [9.17, 15) is 4.39 Å². The number of aryl methyl sites for hydroxylation is 3. The zero-order chi connectivity index (χ0) is 14.0. The Kier molecular flexibility index (Phi) is 4.24. The number of benzene rings is 1. The van der Waals surface area contributed by atoms with Crippen molar-refractivity contribution in [3.05, 3.63) is 45.4 Å². The third kappa shape index (κ3) is 2.81. The van der Waals surface area contributed by atoms with Crippen molar-refractivity contribution in [1.29, 1.82) is 0 Å². The highest BCUT2D eigenvalue weighted by atomic mass is 79.9. The molecule has 0 aliphatic rings. The summed E-state index contributed by atoms with van der Waals surface area (Å²) in [6.45, 7) is 6.69. The molecule has 0 bridgehead atoms. The molecule has 0 aliphatic carbocycles. The average molecular weight is 327 g/mol. The Morgan fingerprint density at radius 1 is 1.37 bits per heavy atom. The predicted octanol–water partition coefficient (Wildman–Crippen LogP) is 4.00. The van der Waals surface area contributed by atoms with E-state index >= 15 is 0 Å². The van der Waals surface area contributed by atoms with Crippen molar-refractivity contribution in [3.63, 3.8) is 0 Å². The standard InChI is InChI=1S/C14H16BrFN2O/c1-4-18-11(13(15)10(3)17-18)8-19-12-7-5-6-9(2)14(12)16/h5-7H,4,8H2,1-3H3. The molecule has 0 N–H and O–H groups in total. The molecule has 0 saturated heterocycles. The van der Waals surface area contributed by atoms with Crippen LogP contribution < -0.4 is 4.74 Å². The van der Waals surface area contributed by atoms with Gasteiger partial charge in [-0.2, -0.15) is 5.10 Å². The Bertz CT molecular complexity index is 595. The van der Waals surface area contributed by atoms with Crippen LogP contribution in [-0.2, 0) is 13.2 Å². The molecule has 1 aromatic heterocycles. The van der Waals surface area contributed by atoms with E-state index in [0.29, 0.717) is 5.56 Å². The Morgan fingerprint density at radius 2 is 2.11 bits per heavy atom. The van der Waals surface area contributed by atoms with E-state index in [1.165, 1.54) is 0 Å². The Hall–Kier alpha value is -1.36. The van der Waals surface area contributed by atoms with E-state index in [0.717, 1.165) is 22.4 Å². The van der Waals surface area contributed by atoms with Crippen molar-refractivity contribution in [2.75, 3.05) is 0 Å². The zero-order valence-corrected chi connectivity index (χ0v) is 12.8. The lowest BCUT2D eigenvalue weighted by Gasteiger charge is -2.10. The van der Waals surface area contributed by atoms with Crippen LogP contribution in [-0.4, -0.2) is 9.78 Å². The summed E-state index contributed by atoms with van der Waals surface area (Å²) in [6, 6.07) is 5.14. The second kappa shape index (κ2) is 5.74. The summed E-state index contributed by atoms with van der Waals surface area (Å²) in [5, 5.41) is 4.38. The van der Waals surface area contributed by atoms with Gasteiger partial charge >= 0.3 is 0 Å². The van der Waals surface area contributed by atoms with E-state index in [2.05, 4.69) is 21.0 Å². The van der Waals surface area contributed by atoms with Crippen LogP contribution >= 0.6 is 15.9 Å². The molecule has 0 spiro atoms. The first-order valence-corrected chi connectivity index (χ1v) is 6.93. The van der Waals surface area contributed by atoms with Gasteiger partial charge in [0.05, 0.1) is 15.9 Å². The van der Waals surface area contributed by atoms with Gasteiger partial charge in [0.15, 0.2) is 11.6 Å². The number of rotatable bonds is 4. The highest BCUT2D eigenvalue weighted by Crippen LogP contribution is 2.25.